The lowest BCUT2D eigenvalue weighted by Gasteiger charge is -2.25. The van der Waals surface area contributed by atoms with Gasteiger partial charge >= 0.3 is 5.97 Å². The van der Waals surface area contributed by atoms with E-state index in [0.29, 0.717) is 49.2 Å². The Labute approximate surface area is 262 Å². The average Bonchev–Trinajstić information content (AvgIpc) is 3.53. The van der Waals surface area contributed by atoms with Crippen LogP contribution in [0, 0.1) is 0 Å². The number of halogens is 1. The van der Waals surface area contributed by atoms with Crippen LogP contribution in [-0.4, -0.2) is 35.9 Å². The van der Waals surface area contributed by atoms with Gasteiger partial charge in [-0.25, -0.2) is 9.79 Å². The predicted molar refractivity (Wildman–Crippen MR) is 172 cm³/mol. The summed E-state index contributed by atoms with van der Waals surface area (Å²) in [6, 6.07) is 20.4. The fourth-order valence-corrected chi connectivity index (χ4v) is 6.84. The third kappa shape index (κ3) is 5.22. The van der Waals surface area contributed by atoms with Gasteiger partial charge in [0.2, 0.25) is 0 Å². The molecule has 0 aliphatic carbocycles. The maximum Gasteiger partial charge on any atom is 0.338 e. The molecule has 6 rings (SSSR count). The van der Waals surface area contributed by atoms with E-state index in [1.807, 2.05) is 60.8 Å². The first-order valence-electron chi connectivity index (χ1n) is 14.1. The minimum Gasteiger partial charge on any atom is -0.493 e. The summed E-state index contributed by atoms with van der Waals surface area (Å²) in [7, 11) is 3.10. The van der Waals surface area contributed by atoms with E-state index in [1.54, 1.807) is 44.8 Å². The van der Waals surface area contributed by atoms with Crippen molar-refractivity contribution in [3.05, 3.63) is 126 Å². The van der Waals surface area contributed by atoms with Gasteiger partial charge in [-0.2, -0.15) is 0 Å². The summed E-state index contributed by atoms with van der Waals surface area (Å²) in [4.78, 5) is 32.7. The Balaban J connectivity index is 1.53. The summed E-state index contributed by atoms with van der Waals surface area (Å²) in [6.45, 7) is 4.28. The molecular formula is C34H30ClN3O5S. The number of ether oxygens (including phenoxy) is 3. The van der Waals surface area contributed by atoms with Crippen LogP contribution >= 0.6 is 22.9 Å². The van der Waals surface area contributed by atoms with E-state index < -0.39 is 12.0 Å². The number of fused-ring (bicyclic) bond motifs is 2. The highest BCUT2D eigenvalue weighted by molar-refractivity contribution is 7.07. The summed E-state index contributed by atoms with van der Waals surface area (Å²) >= 11 is 7.76. The molecular weight excluding hydrogens is 598 g/mol. The first-order valence-corrected chi connectivity index (χ1v) is 15.3. The van der Waals surface area contributed by atoms with Gasteiger partial charge in [-0.3, -0.25) is 9.36 Å². The zero-order valence-corrected chi connectivity index (χ0v) is 26.2. The standard InChI is InChI=1S/C34H30ClN3O5S/c1-5-43-33(40)30-20(2)36-34-38(31(30)21-14-15-27(41-3)28(16-21)42-4)32(39)29(44-34)17-23-19-37(26-13-9-7-11-24(23)26)18-22-10-6-8-12-25(22)35/h6-17,19,31H,5,18H2,1-4H3/b29-17+/t31-/m1/s1. The van der Waals surface area contributed by atoms with Gasteiger partial charge in [0.05, 0.1) is 42.7 Å². The SMILES string of the molecule is CCOC(=O)C1=C(C)N=c2s/c(=C/c3cn(Cc4ccccc4Cl)c4ccccc34)c(=O)n2[C@@H]1c1ccc(OC)c(OC)c1. The van der Waals surface area contributed by atoms with Crippen molar-refractivity contribution in [1.29, 1.82) is 0 Å². The number of carbonyl (C=O) groups excluding carboxylic acids is 1. The number of benzene rings is 3. The van der Waals surface area contributed by atoms with Gasteiger partial charge in [0.25, 0.3) is 5.56 Å². The maximum absolute atomic E-state index is 14.2. The number of hydrogen-bond acceptors (Lipinski definition) is 7. The molecule has 0 radical (unpaired) electrons. The molecule has 3 heterocycles. The molecule has 3 aromatic carbocycles. The van der Waals surface area contributed by atoms with Crippen molar-refractivity contribution in [3.8, 4) is 11.5 Å². The van der Waals surface area contributed by atoms with Gasteiger partial charge in [0, 0.05) is 34.2 Å². The first kappa shape index (κ1) is 29.5. The maximum atomic E-state index is 14.2. The largest absolute Gasteiger partial charge is 0.493 e. The number of aromatic nitrogens is 2. The Kier molecular flexibility index (Phi) is 8.16. The highest BCUT2D eigenvalue weighted by atomic mass is 35.5. The van der Waals surface area contributed by atoms with Crippen molar-refractivity contribution in [3.63, 3.8) is 0 Å². The first-order chi connectivity index (χ1) is 21.3. The number of para-hydroxylation sites is 1. The second kappa shape index (κ2) is 12.2. The van der Waals surface area contributed by atoms with E-state index >= 15 is 0 Å². The van der Waals surface area contributed by atoms with Gasteiger partial charge < -0.3 is 18.8 Å². The fraction of sp³-hybridized carbons (Fsp3) is 0.206. The number of nitrogens with zero attached hydrogens (tertiary/aromatic N) is 3. The van der Waals surface area contributed by atoms with E-state index in [1.165, 1.54) is 11.3 Å². The molecule has 1 aliphatic heterocycles. The number of esters is 1. The van der Waals surface area contributed by atoms with Crippen LogP contribution in [0.2, 0.25) is 5.02 Å². The third-order valence-corrected chi connectivity index (χ3v) is 9.00. The molecule has 8 nitrogen and oxygen atoms in total. The van der Waals surface area contributed by atoms with Gasteiger partial charge in [-0.15, -0.1) is 0 Å². The molecule has 0 N–H and O–H groups in total. The number of carbonyl (C=O) groups is 1. The number of thiazole rings is 1. The Morgan fingerprint density at radius 2 is 1.80 bits per heavy atom. The van der Waals surface area contributed by atoms with Crippen molar-refractivity contribution in [2.24, 2.45) is 4.99 Å². The lowest BCUT2D eigenvalue weighted by atomic mass is 9.95. The van der Waals surface area contributed by atoms with Crippen LogP contribution in [-0.2, 0) is 16.1 Å². The van der Waals surface area contributed by atoms with Crippen LogP contribution in [0.1, 0.15) is 36.6 Å². The summed E-state index contributed by atoms with van der Waals surface area (Å²) < 4.78 is 20.6. The molecule has 10 heteroatoms. The Hall–Kier alpha value is -4.60. The number of rotatable bonds is 8. The highest BCUT2D eigenvalue weighted by Crippen LogP contribution is 2.36. The minimum atomic E-state index is -0.770. The van der Waals surface area contributed by atoms with E-state index in [0.717, 1.165) is 22.0 Å². The van der Waals surface area contributed by atoms with Crippen LogP contribution in [0.4, 0.5) is 0 Å². The molecule has 0 spiro atoms. The molecule has 44 heavy (non-hydrogen) atoms. The quantitative estimate of drug-likeness (QED) is 0.213. The molecule has 0 bridgehead atoms. The van der Waals surface area contributed by atoms with Crippen LogP contribution in [0.3, 0.4) is 0 Å². The highest BCUT2D eigenvalue weighted by Gasteiger charge is 2.34. The number of hydrogen-bond donors (Lipinski definition) is 0. The Bertz CT molecular complexity index is 2120. The molecule has 1 atom stereocenters. The van der Waals surface area contributed by atoms with Gasteiger partial charge in [-0.05, 0) is 55.3 Å². The average molecular weight is 628 g/mol. The molecule has 0 fully saturated rings. The second-order valence-corrected chi connectivity index (χ2v) is 11.7. The second-order valence-electron chi connectivity index (χ2n) is 10.2. The topological polar surface area (TPSA) is 84.1 Å². The summed E-state index contributed by atoms with van der Waals surface area (Å²) in [5.74, 6) is 0.497. The molecule has 0 saturated carbocycles. The van der Waals surface area contributed by atoms with Gasteiger partial charge in [-0.1, -0.05) is 65.4 Å². The Morgan fingerprint density at radius 3 is 2.55 bits per heavy atom. The molecule has 0 amide bonds. The predicted octanol–water partition coefficient (Wildman–Crippen LogP) is 5.47. The van der Waals surface area contributed by atoms with Crippen molar-refractivity contribution in [2.45, 2.75) is 26.4 Å². The lowest BCUT2D eigenvalue weighted by molar-refractivity contribution is -0.139. The smallest absolute Gasteiger partial charge is 0.338 e. The number of allylic oxidation sites excluding steroid dienone is 1. The van der Waals surface area contributed by atoms with Crippen molar-refractivity contribution in [1.82, 2.24) is 9.13 Å². The molecule has 1 aliphatic rings. The Morgan fingerprint density at radius 1 is 1.05 bits per heavy atom. The third-order valence-electron chi connectivity index (χ3n) is 7.64. The zero-order valence-electron chi connectivity index (χ0n) is 24.7. The molecule has 5 aromatic rings. The number of methoxy groups -OCH3 is 2. The monoisotopic (exact) mass is 627 g/mol. The fourth-order valence-electron chi connectivity index (χ4n) is 5.60. The van der Waals surface area contributed by atoms with Crippen molar-refractivity contribution < 1.29 is 19.0 Å². The van der Waals surface area contributed by atoms with Gasteiger partial charge in [0.1, 0.15) is 0 Å². The van der Waals surface area contributed by atoms with Crippen LogP contribution in [0.15, 0.2) is 94.0 Å². The van der Waals surface area contributed by atoms with Crippen molar-refractivity contribution >= 4 is 45.9 Å². The molecule has 0 unspecified atom stereocenters. The van der Waals surface area contributed by atoms with Gasteiger partial charge in [0.15, 0.2) is 16.3 Å². The van der Waals surface area contributed by atoms with Crippen molar-refractivity contribution in [2.75, 3.05) is 20.8 Å². The molecule has 0 saturated heterocycles. The van der Waals surface area contributed by atoms with E-state index in [4.69, 9.17) is 30.8 Å². The molecule has 224 valence electrons. The zero-order chi connectivity index (χ0) is 31.0. The summed E-state index contributed by atoms with van der Waals surface area (Å²) in [5, 5.41) is 1.70. The normalized spacial score (nSPS) is 14.8. The van der Waals surface area contributed by atoms with Crippen LogP contribution in [0.25, 0.3) is 17.0 Å². The minimum absolute atomic E-state index is 0.191. The van der Waals surface area contributed by atoms with E-state index in [-0.39, 0.29) is 12.2 Å². The van der Waals surface area contributed by atoms with Crippen LogP contribution < -0.4 is 24.4 Å². The summed E-state index contributed by atoms with van der Waals surface area (Å²) in [5.41, 5.74) is 4.12. The van der Waals surface area contributed by atoms with E-state index in [2.05, 4.69) is 10.6 Å². The lowest BCUT2D eigenvalue weighted by Crippen LogP contribution is -2.39. The van der Waals surface area contributed by atoms with E-state index in [9.17, 15) is 9.59 Å². The summed E-state index contributed by atoms with van der Waals surface area (Å²) in [6.07, 6.45) is 3.93. The molecule has 2 aromatic heterocycles. The van der Waals surface area contributed by atoms with Crippen LogP contribution in [0.5, 0.6) is 11.5 Å².